The molecule has 9 heteroatoms. The van der Waals surface area contributed by atoms with Gasteiger partial charge < -0.3 is 30.3 Å². The van der Waals surface area contributed by atoms with Gasteiger partial charge in [0.1, 0.15) is 12.6 Å². The molecule has 3 rings (SSSR count). The van der Waals surface area contributed by atoms with Gasteiger partial charge in [0.15, 0.2) is 6.10 Å². The van der Waals surface area contributed by atoms with E-state index in [1.807, 2.05) is 48.5 Å². The van der Waals surface area contributed by atoms with E-state index in [0.29, 0.717) is 0 Å². The molecule has 4 N–H and O–H groups in total. The van der Waals surface area contributed by atoms with E-state index in [1.54, 1.807) is 0 Å². The summed E-state index contributed by atoms with van der Waals surface area (Å²) in [5, 5.41) is 22.8. The van der Waals surface area contributed by atoms with Crippen LogP contribution in [-0.4, -0.2) is 67.2 Å². The average molecular weight is 442 g/mol. The van der Waals surface area contributed by atoms with Crippen LogP contribution in [0.3, 0.4) is 0 Å². The van der Waals surface area contributed by atoms with Crippen molar-refractivity contribution in [3.05, 3.63) is 59.7 Å². The number of carbonyl (C=O) groups excluding carboxylic acids is 2. The summed E-state index contributed by atoms with van der Waals surface area (Å²) < 4.78 is 10.5. The molecule has 1 aliphatic rings. The number of fused-ring (bicyclic) bond motifs is 3. The molecular formula is C23H26N2O7. The molecule has 32 heavy (non-hydrogen) atoms. The topological polar surface area (TPSA) is 134 Å². The maximum absolute atomic E-state index is 12.3. The summed E-state index contributed by atoms with van der Waals surface area (Å²) in [6.07, 6.45) is -1.97. The number of alkyl carbamates (subject to hydrolysis) is 1. The third kappa shape index (κ3) is 5.24. The second-order valence-electron chi connectivity index (χ2n) is 7.34. The summed E-state index contributed by atoms with van der Waals surface area (Å²) in [6.45, 7) is -0.474. The fourth-order valence-electron chi connectivity index (χ4n) is 3.76. The second kappa shape index (κ2) is 10.7. The van der Waals surface area contributed by atoms with Gasteiger partial charge in [0.25, 0.3) is 5.91 Å². The van der Waals surface area contributed by atoms with Crippen molar-refractivity contribution >= 4 is 18.0 Å². The Kier molecular flexibility index (Phi) is 7.80. The van der Waals surface area contributed by atoms with Gasteiger partial charge in [-0.25, -0.2) is 9.59 Å². The first-order valence-electron chi connectivity index (χ1n) is 10.2. The zero-order valence-electron chi connectivity index (χ0n) is 17.6. The van der Waals surface area contributed by atoms with E-state index in [0.717, 1.165) is 22.3 Å². The molecular weight excluding hydrogens is 416 g/mol. The van der Waals surface area contributed by atoms with E-state index in [2.05, 4.69) is 10.6 Å². The lowest BCUT2D eigenvalue weighted by Crippen LogP contribution is -2.49. The molecule has 2 aromatic carbocycles. The number of hydrogen-bond acceptors (Lipinski definition) is 6. The number of carbonyl (C=O) groups is 3. The lowest BCUT2D eigenvalue weighted by molar-refractivity contribution is -0.144. The highest BCUT2D eigenvalue weighted by Gasteiger charge is 2.29. The number of ether oxygens (including phenoxy) is 2. The van der Waals surface area contributed by atoms with Gasteiger partial charge in [-0.15, -0.1) is 0 Å². The lowest BCUT2D eigenvalue weighted by atomic mass is 9.98. The van der Waals surface area contributed by atoms with Gasteiger partial charge in [-0.3, -0.25) is 4.79 Å². The van der Waals surface area contributed by atoms with Crippen molar-refractivity contribution in [3.8, 4) is 11.1 Å². The normalized spacial score (nSPS) is 14.1. The fraction of sp³-hybridized carbons (Fsp3) is 0.348. The number of hydrogen-bond donors (Lipinski definition) is 4. The summed E-state index contributed by atoms with van der Waals surface area (Å²) in [6, 6.07) is 14.7. The van der Waals surface area contributed by atoms with Crippen LogP contribution in [-0.2, 0) is 19.1 Å². The number of benzene rings is 2. The quantitative estimate of drug-likeness (QED) is 0.438. The maximum Gasteiger partial charge on any atom is 0.407 e. The SMILES string of the molecule is COC(CNC(=O)OCC1c2ccccc2-c2ccccc21)C(=O)NC(CCO)C(=O)O. The highest BCUT2D eigenvalue weighted by Crippen LogP contribution is 2.44. The molecule has 0 aliphatic heterocycles. The number of aliphatic hydroxyl groups is 1. The van der Waals surface area contributed by atoms with E-state index >= 15 is 0 Å². The number of nitrogens with one attached hydrogen (secondary N) is 2. The summed E-state index contributed by atoms with van der Waals surface area (Å²) >= 11 is 0. The Labute approximate surface area is 185 Å². The number of aliphatic hydroxyl groups excluding tert-OH is 1. The predicted octanol–water partition coefficient (Wildman–Crippen LogP) is 1.49. The molecule has 0 radical (unpaired) electrons. The molecule has 0 aromatic heterocycles. The molecule has 0 bridgehead atoms. The van der Waals surface area contributed by atoms with Gasteiger partial charge in [-0.1, -0.05) is 48.5 Å². The third-order valence-electron chi connectivity index (χ3n) is 5.38. The fourth-order valence-corrected chi connectivity index (χ4v) is 3.76. The first-order valence-corrected chi connectivity index (χ1v) is 10.2. The summed E-state index contributed by atoms with van der Waals surface area (Å²) in [5.74, 6) is -2.08. The first kappa shape index (κ1) is 23.2. The molecule has 0 spiro atoms. The molecule has 2 aromatic rings. The number of rotatable bonds is 10. The second-order valence-corrected chi connectivity index (χ2v) is 7.34. The lowest BCUT2D eigenvalue weighted by Gasteiger charge is -2.20. The highest BCUT2D eigenvalue weighted by molar-refractivity contribution is 5.87. The smallest absolute Gasteiger partial charge is 0.407 e. The number of aliphatic carboxylic acids is 1. The average Bonchev–Trinajstić information content (AvgIpc) is 3.11. The molecule has 2 atom stereocenters. The molecule has 0 fully saturated rings. The van der Waals surface area contributed by atoms with Crippen LogP contribution in [0.5, 0.6) is 0 Å². The monoisotopic (exact) mass is 442 g/mol. The molecule has 2 unspecified atom stereocenters. The van der Waals surface area contributed by atoms with E-state index < -0.39 is 36.7 Å². The van der Waals surface area contributed by atoms with E-state index in [1.165, 1.54) is 7.11 Å². The van der Waals surface area contributed by atoms with E-state index in [-0.39, 0.29) is 25.5 Å². The van der Waals surface area contributed by atoms with Crippen LogP contribution in [0.25, 0.3) is 11.1 Å². The minimum Gasteiger partial charge on any atom is -0.480 e. The van der Waals surface area contributed by atoms with Crippen molar-refractivity contribution in [2.24, 2.45) is 0 Å². The van der Waals surface area contributed by atoms with Crippen molar-refractivity contribution < 1.29 is 34.1 Å². The largest absolute Gasteiger partial charge is 0.480 e. The minimum absolute atomic E-state index is 0.0931. The number of carboxylic acid groups (broad SMARTS) is 1. The van der Waals surface area contributed by atoms with Gasteiger partial charge in [0.2, 0.25) is 0 Å². The van der Waals surface area contributed by atoms with E-state index in [9.17, 15) is 14.4 Å². The summed E-state index contributed by atoms with van der Waals surface area (Å²) in [7, 11) is 1.27. The molecule has 0 saturated carbocycles. The Hall–Kier alpha value is -3.43. The number of amides is 2. The molecule has 9 nitrogen and oxygen atoms in total. The summed E-state index contributed by atoms with van der Waals surface area (Å²) in [5.41, 5.74) is 4.40. The predicted molar refractivity (Wildman–Crippen MR) is 115 cm³/mol. The van der Waals surface area contributed by atoms with Crippen LogP contribution < -0.4 is 10.6 Å². The first-order chi connectivity index (χ1) is 15.5. The zero-order valence-corrected chi connectivity index (χ0v) is 17.6. The van der Waals surface area contributed by atoms with Gasteiger partial charge in [-0.05, 0) is 22.3 Å². The highest BCUT2D eigenvalue weighted by atomic mass is 16.5. The number of carboxylic acids is 1. The van der Waals surface area contributed by atoms with Crippen molar-refractivity contribution in [2.75, 3.05) is 26.9 Å². The van der Waals surface area contributed by atoms with Gasteiger partial charge in [-0.2, -0.15) is 0 Å². The Bertz CT molecular complexity index is 933. The summed E-state index contributed by atoms with van der Waals surface area (Å²) in [4.78, 5) is 35.6. The van der Waals surface area contributed by atoms with Crippen molar-refractivity contribution in [1.82, 2.24) is 10.6 Å². The van der Waals surface area contributed by atoms with Gasteiger partial charge in [0.05, 0.1) is 6.54 Å². The molecule has 1 aliphatic carbocycles. The van der Waals surface area contributed by atoms with Crippen molar-refractivity contribution in [3.63, 3.8) is 0 Å². The van der Waals surface area contributed by atoms with Gasteiger partial charge in [0, 0.05) is 26.1 Å². The standard InChI is InChI=1S/C23H26N2O7/c1-31-20(21(27)25-19(10-11-26)22(28)29)12-24-23(30)32-13-18-16-8-4-2-6-14(16)15-7-3-5-9-17(15)18/h2-9,18-20,26H,10-13H2,1H3,(H,24,30)(H,25,27)(H,28,29). The van der Waals surface area contributed by atoms with Crippen LogP contribution in [0, 0.1) is 0 Å². The minimum atomic E-state index is -1.27. The Morgan fingerprint density at radius 3 is 2.16 bits per heavy atom. The van der Waals surface area contributed by atoms with Crippen LogP contribution in [0.15, 0.2) is 48.5 Å². The molecule has 0 heterocycles. The zero-order chi connectivity index (χ0) is 23.1. The van der Waals surface area contributed by atoms with Crippen LogP contribution in [0.4, 0.5) is 4.79 Å². The van der Waals surface area contributed by atoms with E-state index in [4.69, 9.17) is 19.7 Å². The molecule has 0 saturated heterocycles. The van der Waals surface area contributed by atoms with Crippen molar-refractivity contribution in [2.45, 2.75) is 24.5 Å². The Morgan fingerprint density at radius 1 is 1.03 bits per heavy atom. The van der Waals surface area contributed by atoms with Gasteiger partial charge >= 0.3 is 12.1 Å². The Balaban J connectivity index is 1.55. The molecule has 170 valence electrons. The maximum atomic E-state index is 12.3. The molecule has 2 amide bonds. The Morgan fingerprint density at radius 2 is 1.62 bits per heavy atom. The van der Waals surface area contributed by atoms with Crippen LogP contribution in [0.2, 0.25) is 0 Å². The van der Waals surface area contributed by atoms with Crippen molar-refractivity contribution in [1.29, 1.82) is 0 Å². The third-order valence-corrected chi connectivity index (χ3v) is 5.38. The van der Waals surface area contributed by atoms with Crippen LogP contribution >= 0.6 is 0 Å². The number of methoxy groups -OCH3 is 1. The van der Waals surface area contributed by atoms with Crippen LogP contribution in [0.1, 0.15) is 23.5 Å².